The fourth-order valence-corrected chi connectivity index (χ4v) is 3.29. The number of carboxylic acids is 1. The highest BCUT2D eigenvalue weighted by Gasteiger charge is 2.10. The number of hydrogen-bond acceptors (Lipinski definition) is 5. The number of hydrogen-bond donors (Lipinski definition) is 1. The lowest BCUT2D eigenvalue weighted by molar-refractivity contribution is -0.136. The summed E-state index contributed by atoms with van der Waals surface area (Å²) < 4.78 is 0.859. The molecule has 0 aliphatic carbocycles. The van der Waals surface area contributed by atoms with Gasteiger partial charge in [-0.05, 0) is 36.8 Å². The molecule has 0 spiro atoms. The van der Waals surface area contributed by atoms with E-state index in [1.165, 1.54) is 11.3 Å². The van der Waals surface area contributed by atoms with Crippen molar-refractivity contribution in [3.63, 3.8) is 0 Å². The first kappa shape index (κ1) is 15.3. The Morgan fingerprint density at radius 1 is 1.22 bits per heavy atom. The lowest BCUT2D eigenvalue weighted by Crippen LogP contribution is -2.07. The van der Waals surface area contributed by atoms with Crippen molar-refractivity contribution in [3.8, 4) is 10.7 Å². The van der Waals surface area contributed by atoms with E-state index in [-0.39, 0.29) is 12.0 Å². The molecule has 0 bridgehead atoms. The van der Waals surface area contributed by atoms with E-state index in [1.54, 1.807) is 6.07 Å². The third-order valence-corrected chi connectivity index (χ3v) is 4.43. The Morgan fingerprint density at radius 2 is 2.00 bits per heavy atom. The monoisotopic (exact) mass is 326 g/mol. The van der Waals surface area contributed by atoms with Gasteiger partial charge in [0.05, 0.1) is 17.5 Å². The maximum absolute atomic E-state index is 12.1. The molecule has 0 unspecified atom stereocenters. The summed E-state index contributed by atoms with van der Waals surface area (Å²) in [7, 11) is 0. The SMILES string of the molecule is Cc1cc(CCC(=O)O)nc(-c2nc(=O)c3ccccc3s2)c1. The van der Waals surface area contributed by atoms with Crippen LogP contribution >= 0.6 is 11.3 Å². The number of aryl methyl sites for hydroxylation is 2. The lowest BCUT2D eigenvalue weighted by atomic mass is 10.1. The molecule has 5 nitrogen and oxygen atoms in total. The van der Waals surface area contributed by atoms with E-state index in [4.69, 9.17) is 5.11 Å². The summed E-state index contributed by atoms with van der Waals surface area (Å²) in [4.78, 5) is 31.5. The molecule has 2 aromatic heterocycles. The number of aliphatic carboxylic acids is 1. The van der Waals surface area contributed by atoms with Crippen molar-refractivity contribution >= 4 is 27.4 Å². The summed E-state index contributed by atoms with van der Waals surface area (Å²) in [5, 5.41) is 9.95. The third kappa shape index (κ3) is 3.43. The van der Waals surface area contributed by atoms with E-state index in [1.807, 2.05) is 37.3 Å². The van der Waals surface area contributed by atoms with Crippen LogP contribution in [0.3, 0.4) is 0 Å². The number of carboxylic acid groups (broad SMARTS) is 1. The maximum Gasteiger partial charge on any atom is 0.303 e. The van der Waals surface area contributed by atoms with Gasteiger partial charge in [-0.15, -0.1) is 11.3 Å². The van der Waals surface area contributed by atoms with Gasteiger partial charge in [0.2, 0.25) is 0 Å². The number of fused-ring (bicyclic) bond motifs is 1. The molecule has 0 aliphatic rings. The van der Waals surface area contributed by atoms with Crippen molar-refractivity contribution in [2.24, 2.45) is 0 Å². The van der Waals surface area contributed by atoms with Crippen molar-refractivity contribution in [3.05, 3.63) is 58.0 Å². The number of rotatable bonds is 4. The first-order chi connectivity index (χ1) is 11.0. The van der Waals surface area contributed by atoms with Crippen LogP contribution in [0.5, 0.6) is 0 Å². The van der Waals surface area contributed by atoms with Gasteiger partial charge in [0, 0.05) is 16.8 Å². The van der Waals surface area contributed by atoms with Crippen molar-refractivity contribution in [2.75, 3.05) is 0 Å². The molecule has 1 N–H and O–H groups in total. The Hall–Kier alpha value is -2.60. The number of nitrogens with zero attached hydrogens (tertiary/aromatic N) is 2. The van der Waals surface area contributed by atoms with Crippen molar-refractivity contribution in [2.45, 2.75) is 19.8 Å². The average Bonchev–Trinajstić information content (AvgIpc) is 2.52. The van der Waals surface area contributed by atoms with Gasteiger partial charge in [0.1, 0.15) is 5.01 Å². The van der Waals surface area contributed by atoms with Crippen LogP contribution in [-0.4, -0.2) is 21.0 Å². The van der Waals surface area contributed by atoms with Gasteiger partial charge in [-0.2, -0.15) is 4.98 Å². The van der Waals surface area contributed by atoms with Gasteiger partial charge >= 0.3 is 5.97 Å². The number of aromatic nitrogens is 2. The molecule has 116 valence electrons. The first-order valence-corrected chi connectivity index (χ1v) is 7.94. The second kappa shape index (κ2) is 6.26. The predicted octanol–water partition coefficient (Wildman–Crippen LogP) is 3.04. The molecule has 1 aromatic carbocycles. The molecule has 0 aliphatic heterocycles. The standard InChI is InChI=1S/C17H14N2O3S/c1-10-8-11(6-7-15(20)21)18-13(9-10)17-19-16(22)12-4-2-3-5-14(12)23-17/h2-5,8-9H,6-7H2,1H3,(H,20,21). The summed E-state index contributed by atoms with van der Waals surface area (Å²) in [5.74, 6) is -0.858. The Kier molecular flexibility index (Phi) is 4.16. The highest BCUT2D eigenvalue weighted by molar-refractivity contribution is 7.21. The average molecular weight is 326 g/mol. The van der Waals surface area contributed by atoms with Crippen molar-refractivity contribution in [1.82, 2.24) is 9.97 Å². The zero-order valence-electron chi connectivity index (χ0n) is 12.4. The Balaban J connectivity index is 2.07. The maximum atomic E-state index is 12.1. The molecular formula is C17H14N2O3S. The molecular weight excluding hydrogens is 312 g/mol. The number of benzene rings is 1. The summed E-state index contributed by atoms with van der Waals surface area (Å²) in [6.07, 6.45) is 0.379. The fraction of sp³-hybridized carbons (Fsp3) is 0.176. The zero-order chi connectivity index (χ0) is 16.4. The second-order valence-electron chi connectivity index (χ2n) is 5.24. The van der Waals surface area contributed by atoms with E-state index in [0.29, 0.717) is 28.2 Å². The molecule has 2 heterocycles. The van der Waals surface area contributed by atoms with Gasteiger partial charge in [-0.25, -0.2) is 0 Å². The molecule has 0 radical (unpaired) electrons. The fourth-order valence-electron chi connectivity index (χ4n) is 2.33. The molecule has 0 saturated heterocycles. The van der Waals surface area contributed by atoms with Crippen molar-refractivity contribution < 1.29 is 9.90 Å². The van der Waals surface area contributed by atoms with Crippen LogP contribution in [0.1, 0.15) is 17.7 Å². The minimum absolute atomic E-state index is 0.0251. The summed E-state index contributed by atoms with van der Waals surface area (Å²) >= 11 is 1.41. The zero-order valence-corrected chi connectivity index (χ0v) is 13.3. The van der Waals surface area contributed by atoms with Gasteiger partial charge in [0.15, 0.2) is 0 Å². The largest absolute Gasteiger partial charge is 0.481 e. The van der Waals surface area contributed by atoms with Crippen LogP contribution in [0, 0.1) is 6.92 Å². The summed E-state index contributed by atoms with van der Waals surface area (Å²) in [6.45, 7) is 1.92. The van der Waals surface area contributed by atoms with Gasteiger partial charge in [-0.3, -0.25) is 14.6 Å². The normalized spacial score (nSPS) is 10.8. The number of pyridine rings is 1. The molecule has 3 rings (SSSR count). The summed E-state index contributed by atoms with van der Waals surface area (Å²) in [5.41, 5.74) is 1.99. The lowest BCUT2D eigenvalue weighted by Gasteiger charge is -2.06. The van der Waals surface area contributed by atoms with Gasteiger partial charge in [0.25, 0.3) is 5.56 Å². The first-order valence-electron chi connectivity index (χ1n) is 7.12. The van der Waals surface area contributed by atoms with Crippen LogP contribution in [0.25, 0.3) is 20.8 Å². The van der Waals surface area contributed by atoms with E-state index in [9.17, 15) is 9.59 Å². The smallest absolute Gasteiger partial charge is 0.303 e. The Morgan fingerprint density at radius 3 is 2.78 bits per heavy atom. The van der Waals surface area contributed by atoms with Gasteiger partial charge in [-0.1, -0.05) is 12.1 Å². The highest BCUT2D eigenvalue weighted by atomic mass is 32.1. The highest BCUT2D eigenvalue weighted by Crippen LogP contribution is 2.25. The molecule has 0 saturated carbocycles. The number of carbonyl (C=O) groups is 1. The van der Waals surface area contributed by atoms with E-state index >= 15 is 0 Å². The Labute approximate surface area is 136 Å². The quantitative estimate of drug-likeness (QED) is 0.797. The molecule has 0 fully saturated rings. The molecule has 0 atom stereocenters. The second-order valence-corrected chi connectivity index (χ2v) is 6.27. The van der Waals surface area contributed by atoms with Crippen LogP contribution in [-0.2, 0) is 11.2 Å². The molecule has 6 heteroatoms. The minimum Gasteiger partial charge on any atom is -0.481 e. The van der Waals surface area contributed by atoms with Crippen LogP contribution in [0.15, 0.2) is 41.2 Å². The van der Waals surface area contributed by atoms with Crippen LogP contribution in [0.2, 0.25) is 0 Å². The Bertz CT molecular complexity index is 950. The third-order valence-electron chi connectivity index (χ3n) is 3.36. The van der Waals surface area contributed by atoms with E-state index in [2.05, 4.69) is 9.97 Å². The van der Waals surface area contributed by atoms with Crippen LogP contribution in [0.4, 0.5) is 0 Å². The van der Waals surface area contributed by atoms with Crippen molar-refractivity contribution in [1.29, 1.82) is 0 Å². The van der Waals surface area contributed by atoms with E-state index < -0.39 is 5.97 Å². The molecule has 3 aromatic rings. The van der Waals surface area contributed by atoms with Gasteiger partial charge < -0.3 is 5.11 Å². The van der Waals surface area contributed by atoms with Crippen LogP contribution < -0.4 is 5.56 Å². The minimum atomic E-state index is -0.858. The van der Waals surface area contributed by atoms with E-state index in [0.717, 1.165) is 10.3 Å². The molecule has 23 heavy (non-hydrogen) atoms. The summed E-state index contributed by atoms with van der Waals surface area (Å²) in [6, 6.07) is 11.0. The topological polar surface area (TPSA) is 80.2 Å². The molecule has 0 amide bonds. The predicted molar refractivity (Wildman–Crippen MR) is 89.8 cm³/mol.